The van der Waals surface area contributed by atoms with Crippen LogP contribution < -0.4 is 10.6 Å². The van der Waals surface area contributed by atoms with Gasteiger partial charge >= 0.3 is 0 Å². The van der Waals surface area contributed by atoms with Gasteiger partial charge < -0.3 is 10.6 Å². The van der Waals surface area contributed by atoms with Gasteiger partial charge in [0.05, 0.1) is 5.41 Å². The van der Waals surface area contributed by atoms with Crippen LogP contribution in [0.1, 0.15) is 31.2 Å². The Morgan fingerprint density at radius 3 is 2.86 bits per heavy atom. The normalized spacial score (nSPS) is 27.0. The lowest BCUT2D eigenvalue weighted by Crippen LogP contribution is -2.47. The smallest absolute Gasteiger partial charge is 0.228 e. The quantitative estimate of drug-likeness (QED) is 0.893. The van der Waals surface area contributed by atoms with E-state index in [0.717, 1.165) is 25.1 Å². The molecule has 1 aliphatic heterocycles. The second kappa shape index (κ2) is 7.97. The monoisotopic (exact) mass is 331 g/mol. The van der Waals surface area contributed by atoms with Gasteiger partial charge in [-0.2, -0.15) is 0 Å². The Labute approximate surface area is 138 Å². The predicted molar refractivity (Wildman–Crippen MR) is 87.8 cm³/mol. The summed E-state index contributed by atoms with van der Waals surface area (Å²) in [6, 6.07) is 3.90. The molecule has 0 aromatic carbocycles. The summed E-state index contributed by atoms with van der Waals surface area (Å²) in [5, 5.41) is 6.54. The lowest BCUT2D eigenvalue weighted by Gasteiger charge is -2.37. The van der Waals surface area contributed by atoms with E-state index in [4.69, 9.17) is 0 Å². The molecule has 1 aromatic rings. The Morgan fingerprint density at radius 1 is 1.33 bits per heavy atom. The SMILES string of the molecule is Cl.Cl.O=C(NCc1ccncc1)[C@@]12CCCC[C@H]1CNC2. The Morgan fingerprint density at radius 2 is 2.10 bits per heavy atom. The van der Waals surface area contributed by atoms with Gasteiger partial charge in [-0.15, -0.1) is 24.8 Å². The van der Waals surface area contributed by atoms with E-state index in [2.05, 4.69) is 15.6 Å². The molecule has 0 radical (unpaired) electrons. The van der Waals surface area contributed by atoms with Crippen molar-refractivity contribution >= 4 is 30.7 Å². The van der Waals surface area contributed by atoms with Crippen molar-refractivity contribution in [1.82, 2.24) is 15.6 Å². The Bertz CT molecular complexity index is 457. The third-order valence-electron chi connectivity index (χ3n) is 4.69. The highest BCUT2D eigenvalue weighted by atomic mass is 35.5. The minimum absolute atomic E-state index is 0. The van der Waals surface area contributed by atoms with Gasteiger partial charge in [-0.1, -0.05) is 12.8 Å². The van der Waals surface area contributed by atoms with Crippen molar-refractivity contribution in [2.24, 2.45) is 11.3 Å². The Hall–Kier alpha value is -0.840. The zero-order valence-corrected chi connectivity index (χ0v) is 13.6. The number of amides is 1. The summed E-state index contributed by atoms with van der Waals surface area (Å²) in [6.45, 7) is 2.46. The minimum atomic E-state index is -0.148. The molecule has 118 valence electrons. The Balaban J connectivity index is 0.00000110. The molecular formula is C15H23Cl2N3O. The second-order valence-electron chi connectivity index (χ2n) is 5.77. The summed E-state index contributed by atoms with van der Waals surface area (Å²) >= 11 is 0. The standard InChI is InChI=1S/C15H21N3O.2ClH/c19-14(18-9-12-4-7-16-8-5-12)15-6-2-1-3-13(15)10-17-11-15;;/h4-5,7-8,13,17H,1-3,6,9-11H2,(H,18,19);2*1H/t13-,15+;;/m0../s1. The molecule has 4 nitrogen and oxygen atoms in total. The van der Waals surface area contributed by atoms with E-state index in [9.17, 15) is 4.79 Å². The third kappa shape index (κ3) is 3.68. The van der Waals surface area contributed by atoms with Crippen LogP contribution in [0.15, 0.2) is 24.5 Å². The van der Waals surface area contributed by atoms with Crippen LogP contribution in [0.4, 0.5) is 0 Å². The number of nitrogens with zero attached hydrogens (tertiary/aromatic N) is 1. The number of fused-ring (bicyclic) bond motifs is 1. The fraction of sp³-hybridized carbons (Fsp3) is 0.600. The summed E-state index contributed by atoms with van der Waals surface area (Å²) in [5.41, 5.74) is 0.962. The number of rotatable bonds is 3. The first-order chi connectivity index (χ1) is 9.31. The van der Waals surface area contributed by atoms with Gasteiger partial charge in [0, 0.05) is 25.5 Å². The maximum absolute atomic E-state index is 12.6. The topological polar surface area (TPSA) is 54.0 Å². The maximum atomic E-state index is 12.6. The average Bonchev–Trinajstić information content (AvgIpc) is 2.91. The van der Waals surface area contributed by atoms with E-state index in [1.54, 1.807) is 12.4 Å². The van der Waals surface area contributed by atoms with E-state index in [1.165, 1.54) is 19.3 Å². The Kier molecular flexibility index (Phi) is 6.91. The van der Waals surface area contributed by atoms with Gasteiger partial charge in [0.2, 0.25) is 5.91 Å². The van der Waals surface area contributed by atoms with Crippen LogP contribution in [-0.4, -0.2) is 24.0 Å². The van der Waals surface area contributed by atoms with E-state index in [0.29, 0.717) is 12.5 Å². The van der Waals surface area contributed by atoms with Crippen molar-refractivity contribution in [3.8, 4) is 0 Å². The van der Waals surface area contributed by atoms with E-state index in [1.807, 2.05) is 12.1 Å². The molecule has 1 saturated carbocycles. The molecule has 1 aromatic heterocycles. The number of halogens is 2. The second-order valence-corrected chi connectivity index (χ2v) is 5.77. The van der Waals surface area contributed by atoms with Gasteiger partial charge in [0.25, 0.3) is 0 Å². The molecule has 3 rings (SSSR count). The highest BCUT2D eigenvalue weighted by Crippen LogP contribution is 2.43. The van der Waals surface area contributed by atoms with Crippen molar-refractivity contribution in [3.05, 3.63) is 30.1 Å². The molecule has 0 bridgehead atoms. The molecule has 0 spiro atoms. The first-order valence-corrected chi connectivity index (χ1v) is 7.19. The summed E-state index contributed by atoms with van der Waals surface area (Å²) in [6.07, 6.45) is 8.20. The molecule has 1 saturated heterocycles. The molecule has 2 aliphatic rings. The van der Waals surface area contributed by atoms with Gasteiger partial charge in [-0.05, 0) is 43.0 Å². The van der Waals surface area contributed by atoms with Crippen molar-refractivity contribution in [1.29, 1.82) is 0 Å². The van der Waals surface area contributed by atoms with Crippen LogP contribution in [0, 0.1) is 11.3 Å². The predicted octanol–water partition coefficient (Wildman–Crippen LogP) is 2.32. The fourth-order valence-corrected chi connectivity index (χ4v) is 3.55. The molecule has 2 heterocycles. The number of hydrogen-bond acceptors (Lipinski definition) is 3. The van der Waals surface area contributed by atoms with E-state index < -0.39 is 0 Å². The van der Waals surface area contributed by atoms with Crippen LogP contribution in [0.3, 0.4) is 0 Å². The molecule has 1 aliphatic carbocycles. The molecule has 21 heavy (non-hydrogen) atoms. The molecule has 6 heteroatoms. The number of aromatic nitrogens is 1. The van der Waals surface area contributed by atoms with E-state index in [-0.39, 0.29) is 36.1 Å². The number of pyridine rings is 1. The number of nitrogens with one attached hydrogen (secondary N) is 2. The summed E-state index contributed by atoms with van der Waals surface area (Å²) < 4.78 is 0. The summed E-state index contributed by atoms with van der Waals surface area (Å²) in [7, 11) is 0. The minimum Gasteiger partial charge on any atom is -0.351 e. The van der Waals surface area contributed by atoms with Gasteiger partial charge in [0.15, 0.2) is 0 Å². The van der Waals surface area contributed by atoms with Gasteiger partial charge in [0.1, 0.15) is 0 Å². The molecular weight excluding hydrogens is 309 g/mol. The highest BCUT2D eigenvalue weighted by molar-refractivity contribution is 5.85. The first-order valence-electron chi connectivity index (χ1n) is 7.19. The fourth-order valence-electron chi connectivity index (χ4n) is 3.55. The molecule has 2 N–H and O–H groups in total. The average molecular weight is 332 g/mol. The molecule has 2 fully saturated rings. The molecule has 1 amide bonds. The van der Waals surface area contributed by atoms with Gasteiger partial charge in [-0.3, -0.25) is 9.78 Å². The lowest BCUT2D eigenvalue weighted by molar-refractivity contribution is -0.134. The number of hydrogen-bond donors (Lipinski definition) is 2. The number of carbonyl (C=O) groups is 1. The maximum Gasteiger partial charge on any atom is 0.228 e. The molecule has 2 atom stereocenters. The summed E-state index contributed by atoms with van der Waals surface area (Å²) in [4.78, 5) is 16.6. The first kappa shape index (κ1) is 18.2. The largest absolute Gasteiger partial charge is 0.351 e. The zero-order valence-electron chi connectivity index (χ0n) is 12.0. The number of carbonyl (C=O) groups excluding carboxylic acids is 1. The van der Waals surface area contributed by atoms with Crippen LogP contribution in [0.5, 0.6) is 0 Å². The van der Waals surface area contributed by atoms with Crippen LogP contribution in [-0.2, 0) is 11.3 Å². The van der Waals surface area contributed by atoms with E-state index >= 15 is 0 Å². The van der Waals surface area contributed by atoms with Crippen LogP contribution in [0.25, 0.3) is 0 Å². The third-order valence-corrected chi connectivity index (χ3v) is 4.69. The summed E-state index contributed by atoms with van der Waals surface area (Å²) in [5.74, 6) is 0.762. The van der Waals surface area contributed by atoms with Crippen molar-refractivity contribution in [2.45, 2.75) is 32.2 Å². The lowest BCUT2D eigenvalue weighted by atomic mass is 9.67. The van der Waals surface area contributed by atoms with Crippen molar-refractivity contribution < 1.29 is 4.79 Å². The zero-order chi connectivity index (χ0) is 13.1. The van der Waals surface area contributed by atoms with Crippen LogP contribution >= 0.6 is 24.8 Å². The van der Waals surface area contributed by atoms with Crippen molar-refractivity contribution in [2.75, 3.05) is 13.1 Å². The van der Waals surface area contributed by atoms with Gasteiger partial charge in [-0.25, -0.2) is 0 Å². The van der Waals surface area contributed by atoms with Crippen LogP contribution in [0.2, 0.25) is 0 Å². The van der Waals surface area contributed by atoms with Crippen molar-refractivity contribution in [3.63, 3.8) is 0 Å². The highest BCUT2D eigenvalue weighted by Gasteiger charge is 2.49. The molecule has 0 unspecified atom stereocenters.